The van der Waals surface area contributed by atoms with Crippen LogP contribution in [0.2, 0.25) is 0 Å². The molecule has 0 heterocycles. The van der Waals surface area contributed by atoms with Gasteiger partial charge in [0.15, 0.2) is 0 Å². The molecule has 0 aromatic heterocycles. The predicted molar refractivity (Wildman–Crippen MR) is 61.9 cm³/mol. The molecule has 2 N–H and O–H groups in total. The number of rotatable bonds is 7. The summed E-state index contributed by atoms with van der Waals surface area (Å²) in [5, 5.41) is 5.89. The van der Waals surface area contributed by atoms with Crippen molar-refractivity contribution in [3.05, 3.63) is 0 Å². The van der Waals surface area contributed by atoms with Gasteiger partial charge in [0.2, 0.25) is 0 Å². The van der Waals surface area contributed by atoms with E-state index >= 15 is 0 Å². The molecule has 15 heavy (non-hydrogen) atoms. The number of nitrogens with one attached hydrogen (secondary N) is 2. The van der Waals surface area contributed by atoms with Crippen LogP contribution in [0.5, 0.6) is 0 Å². The minimum Gasteiger partial charge on any atom is -0.448 e. The smallest absolute Gasteiger partial charge is 0.407 e. The highest BCUT2D eigenvalue weighted by Crippen LogP contribution is 1.88. The van der Waals surface area contributed by atoms with E-state index < -0.39 is 0 Å². The van der Waals surface area contributed by atoms with Gasteiger partial charge in [-0.3, -0.25) is 0 Å². The quantitative estimate of drug-likeness (QED) is 0.636. The van der Waals surface area contributed by atoms with E-state index in [4.69, 9.17) is 4.74 Å². The Bertz CT molecular complexity index is 170. The van der Waals surface area contributed by atoms with Crippen LogP contribution in [0.3, 0.4) is 0 Å². The average Bonchev–Trinajstić information content (AvgIpc) is 2.13. The van der Waals surface area contributed by atoms with Crippen LogP contribution in [0.4, 0.5) is 4.79 Å². The van der Waals surface area contributed by atoms with Crippen LogP contribution in [0.1, 0.15) is 27.7 Å². The van der Waals surface area contributed by atoms with Crippen molar-refractivity contribution < 1.29 is 9.53 Å². The van der Waals surface area contributed by atoms with Gasteiger partial charge in [-0.25, -0.2) is 4.79 Å². The van der Waals surface area contributed by atoms with Gasteiger partial charge in [-0.2, -0.15) is 0 Å². The van der Waals surface area contributed by atoms with E-state index in [0.717, 1.165) is 6.54 Å². The minimum absolute atomic E-state index is 0.324. The third-order valence-electron chi connectivity index (χ3n) is 1.72. The number of hydrogen-bond acceptors (Lipinski definition) is 3. The maximum absolute atomic E-state index is 11.1. The highest BCUT2D eigenvalue weighted by Gasteiger charge is 2.01. The molecule has 0 saturated heterocycles. The second kappa shape index (κ2) is 8.53. The maximum Gasteiger partial charge on any atom is 0.407 e. The highest BCUT2D eigenvalue weighted by molar-refractivity contribution is 5.67. The van der Waals surface area contributed by atoms with Crippen molar-refractivity contribution in [1.29, 1.82) is 0 Å². The van der Waals surface area contributed by atoms with Crippen LogP contribution < -0.4 is 10.6 Å². The Morgan fingerprint density at radius 1 is 1.13 bits per heavy atom. The molecule has 0 aliphatic heterocycles. The molecule has 0 bridgehead atoms. The molecule has 0 spiro atoms. The minimum atomic E-state index is -0.324. The van der Waals surface area contributed by atoms with Crippen molar-refractivity contribution in [2.75, 3.05) is 26.2 Å². The monoisotopic (exact) mass is 216 g/mol. The number of hydrogen-bond donors (Lipinski definition) is 2. The van der Waals surface area contributed by atoms with E-state index in [1.165, 1.54) is 0 Å². The van der Waals surface area contributed by atoms with Crippen LogP contribution in [0.25, 0.3) is 0 Å². The highest BCUT2D eigenvalue weighted by atomic mass is 16.5. The number of amides is 1. The topological polar surface area (TPSA) is 50.4 Å². The van der Waals surface area contributed by atoms with E-state index in [1.54, 1.807) is 0 Å². The molecule has 0 unspecified atom stereocenters. The summed E-state index contributed by atoms with van der Waals surface area (Å²) in [7, 11) is 0. The molecular formula is C11H24N2O2. The van der Waals surface area contributed by atoms with Gasteiger partial charge in [-0.15, -0.1) is 0 Å². The number of ether oxygens (including phenoxy) is 1. The second-order valence-corrected chi connectivity index (χ2v) is 4.51. The summed E-state index contributed by atoms with van der Waals surface area (Å²) in [4.78, 5) is 11.1. The van der Waals surface area contributed by atoms with Crippen LogP contribution in [-0.2, 0) is 4.74 Å². The lowest BCUT2D eigenvalue weighted by molar-refractivity contribution is 0.145. The number of carbonyl (C=O) groups is 1. The maximum atomic E-state index is 11.1. The van der Waals surface area contributed by atoms with E-state index in [2.05, 4.69) is 24.5 Å². The van der Waals surface area contributed by atoms with Gasteiger partial charge in [-0.1, -0.05) is 27.7 Å². The van der Waals surface area contributed by atoms with E-state index in [9.17, 15) is 4.79 Å². The summed E-state index contributed by atoms with van der Waals surface area (Å²) < 4.78 is 4.96. The molecule has 0 saturated carbocycles. The Hall–Kier alpha value is -0.770. The summed E-state index contributed by atoms with van der Waals surface area (Å²) in [6.45, 7) is 11.1. The van der Waals surface area contributed by atoms with Crippen molar-refractivity contribution in [2.24, 2.45) is 11.8 Å². The Morgan fingerprint density at radius 3 is 2.27 bits per heavy atom. The van der Waals surface area contributed by atoms with Gasteiger partial charge in [0, 0.05) is 13.1 Å². The summed E-state index contributed by atoms with van der Waals surface area (Å²) >= 11 is 0. The Morgan fingerprint density at radius 2 is 1.73 bits per heavy atom. The van der Waals surface area contributed by atoms with E-state index in [1.807, 2.05) is 13.8 Å². The van der Waals surface area contributed by atoms with Crippen LogP contribution >= 0.6 is 0 Å². The molecule has 0 fully saturated rings. The molecule has 0 aliphatic rings. The Kier molecular flexibility index (Phi) is 8.09. The molecule has 0 radical (unpaired) electrons. The molecule has 0 aliphatic carbocycles. The van der Waals surface area contributed by atoms with E-state index in [-0.39, 0.29) is 6.09 Å². The first-order valence-corrected chi connectivity index (χ1v) is 5.63. The van der Waals surface area contributed by atoms with Crippen molar-refractivity contribution in [1.82, 2.24) is 10.6 Å². The van der Waals surface area contributed by atoms with Crippen molar-refractivity contribution in [3.8, 4) is 0 Å². The SMILES string of the molecule is CC(C)CNCCOC(=O)NCC(C)C. The fourth-order valence-corrected chi connectivity index (χ4v) is 0.945. The zero-order valence-corrected chi connectivity index (χ0v) is 10.3. The van der Waals surface area contributed by atoms with Crippen molar-refractivity contribution in [2.45, 2.75) is 27.7 Å². The van der Waals surface area contributed by atoms with Gasteiger partial charge < -0.3 is 15.4 Å². The first-order valence-electron chi connectivity index (χ1n) is 5.63. The molecule has 1 amide bonds. The van der Waals surface area contributed by atoms with Gasteiger partial charge >= 0.3 is 6.09 Å². The predicted octanol–water partition coefficient (Wildman–Crippen LogP) is 1.61. The van der Waals surface area contributed by atoms with Crippen molar-refractivity contribution >= 4 is 6.09 Å². The molecule has 0 aromatic carbocycles. The van der Waals surface area contributed by atoms with Crippen LogP contribution in [0.15, 0.2) is 0 Å². The molecule has 0 rings (SSSR count). The largest absolute Gasteiger partial charge is 0.448 e. The third-order valence-corrected chi connectivity index (χ3v) is 1.72. The van der Waals surface area contributed by atoms with Gasteiger partial charge in [0.1, 0.15) is 6.61 Å². The Labute approximate surface area is 92.8 Å². The molecule has 90 valence electrons. The average molecular weight is 216 g/mol. The van der Waals surface area contributed by atoms with Gasteiger partial charge in [-0.05, 0) is 18.4 Å². The second-order valence-electron chi connectivity index (χ2n) is 4.51. The molecule has 4 heteroatoms. The lowest BCUT2D eigenvalue weighted by Crippen LogP contribution is -2.31. The first-order chi connectivity index (χ1) is 7.02. The van der Waals surface area contributed by atoms with E-state index in [0.29, 0.717) is 31.5 Å². The van der Waals surface area contributed by atoms with Crippen molar-refractivity contribution in [3.63, 3.8) is 0 Å². The molecule has 4 nitrogen and oxygen atoms in total. The van der Waals surface area contributed by atoms with Crippen LogP contribution in [0, 0.1) is 11.8 Å². The van der Waals surface area contributed by atoms with Gasteiger partial charge in [0.05, 0.1) is 0 Å². The molecular weight excluding hydrogens is 192 g/mol. The summed E-state index contributed by atoms with van der Waals surface area (Å²) in [6, 6.07) is 0. The lowest BCUT2D eigenvalue weighted by atomic mass is 10.2. The standard InChI is InChI=1S/C11H24N2O2/c1-9(2)7-12-5-6-15-11(14)13-8-10(3)4/h9-10,12H,5-8H2,1-4H3,(H,13,14). The zero-order valence-electron chi connectivity index (χ0n) is 10.3. The number of carbonyl (C=O) groups excluding carboxylic acids is 1. The summed E-state index contributed by atoms with van der Waals surface area (Å²) in [5.74, 6) is 1.08. The first kappa shape index (κ1) is 14.2. The molecule has 0 aromatic rings. The lowest BCUT2D eigenvalue weighted by Gasteiger charge is -2.10. The fraction of sp³-hybridized carbons (Fsp3) is 0.909. The fourth-order valence-electron chi connectivity index (χ4n) is 0.945. The zero-order chi connectivity index (χ0) is 11.7. The van der Waals surface area contributed by atoms with Gasteiger partial charge in [0.25, 0.3) is 0 Å². The number of alkyl carbamates (subject to hydrolysis) is 1. The normalized spacial score (nSPS) is 10.8. The van der Waals surface area contributed by atoms with Crippen LogP contribution in [-0.4, -0.2) is 32.3 Å². The third kappa shape index (κ3) is 11.2. The summed E-state index contributed by atoms with van der Waals surface area (Å²) in [5.41, 5.74) is 0. The summed E-state index contributed by atoms with van der Waals surface area (Å²) in [6.07, 6.45) is -0.324. The Balaban J connectivity index is 3.24. The molecule has 0 atom stereocenters.